The molecule has 2 aromatic rings. The molecule has 0 bridgehead atoms. The summed E-state index contributed by atoms with van der Waals surface area (Å²) in [6, 6.07) is 11.4. The molecule has 2 atom stereocenters. The fourth-order valence-electron chi connectivity index (χ4n) is 3.14. The normalized spacial score (nSPS) is 19.6. The van der Waals surface area contributed by atoms with Gasteiger partial charge in [0.05, 0.1) is 12.5 Å². The molecule has 5 nitrogen and oxygen atoms in total. The minimum atomic E-state index is -0.274. The number of carbonyl (C=O) groups is 1. The molecule has 2 unspecified atom stereocenters. The first-order valence-electron chi connectivity index (χ1n) is 8.76. The lowest BCUT2D eigenvalue weighted by Gasteiger charge is -2.15. The lowest BCUT2D eigenvalue weighted by atomic mass is 10.1. The Morgan fingerprint density at radius 2 is 2.12 bits per heavy atom. The largest absolute Gasteiger partial charge is 0.489 e. The van der Waals surface area contributed by atoms with Gasteiger partial charge in [-0.15, -0.1) is 0 Å². The molecule has 2 N–H and O–H groups in total. The summed E-state index contributed by atoms with van der Waals surface area (Å²) in [6.45, 7) is 1.00. The highest BCUT2D eigenvalue weighted by Crippen LogP contribution is 2.24. The zero-order valence-electron chi connectivity index (χ0n) is 14.2. The zero-order valence-corrected chi connectivity index (χ0v) is 14.2. The van der Waals surface area contributed by atoms with E-state index in [1.54, 1.807) is 12.4 Å². The summed E-state index contributed by atoms with van der Waals surface area (Å²) in [6.07, 6.45) is 6.41. The smallest absolute Gasteiger partial charge is 0.224 e. The topological polar surface area (TPSA) is 71.5 Å². The lowest BCUT2D eigenvalue weighted by Crippen LogP contribution is -2.33. The molecule has 1 aromatic heterocycles. The van der Waals surface area contributed by atoms with Gasteiger partial charge in [-0.2, -0.15) is 0 Å². The zero-order chi connectivity index (χ0) is 17.5. The number of nitrogens with zero attached hydrogens (tertiary/aromatic N) is 1. The molecule has 1 fully saturated rings. The Morgan fingerprint density at radius 1 is 1.24 bits per heavy atom. The number of ether oxygens (including phenoxy) is 1. The number of hydrogen-bond acceptors (Lipinski definition) is 4. The van der Waals surface area contributed by atoms with E-state index in [1.165, 1.54) is 0 Å². The van der Waals surface area contributed by atoms with Gasteiger partial charge in [0.1, 0.15) is 12.4 Å². The molecule has 3 rings (SSSR count). The van der Waals surface area contributed by atoms with E-state index in [1.807, 2.05) is 36.4 Å². The molecule has 1 aliphatic carbocycles. The number of benzene rings is 1. The SMILES string of the molecule is O=C(Cc1cccc(OCc2cccnc2)c1)NCC1CCCC1O. The Labute approximate surface area is 148 Å². The Morgan fingerprint density at radius 3 is 2.88 bits per heavy atom. The standard InChI is InChI=1S/C20H24N2O3/c23-19-8-2-6-17(19)13-22-20(24)11-15-4-1-7-18(10-15)25-14-16-5-3-9-21-12-16/h1,3-5,7,9-10,12,17,19,23H,2,6,8,11,13-14H2,(H,22,24). The van der Waals surface area contributed by atoms with Gasteiger partial charge in [0, 0.05) is 30.4 Å². The molecule has 1 aromatic carbocycles. The summed E-state index contributed by atoms with van der Waals surface area (Å²) in [5.41, 5.74) is 1.91. The molecular formula is C20H24N2O3. The van der Waals surface area contributed by atoms with Crippen LogP contribution in [0, 0.1) is 5.92 Å². The maximum atomic E-state index is 12.1. The van der Waals surface area contributed by atoms with Crippen LogP contribution in [-0.2, 0) is 17.8 Å². The summed E-state index contributed by atoms with van der Waals surface area (Å²) >= 11 is 0. The molecular weight excluding hydrogens is 316 g/mol. The highest BCUT2D eigenvalue weighted by atomic mass is 16.5. The van der Waals surface area contributed by atoms with E-state index in [9.17, 15) is 9.90 Å². The van der Waals surface area contributed by atoms with Crippen LogP contribution in [0.25, 0.3) is 0 Å². The van der Waals surface area contributed by atoms with Crippen molar-refractivity contribution in [1.29, 1.82) is 0 Å². The minimum absolute atomic E-state index is 0.0245. The van der Waals surface area contributed by atoms with Crippen molar-refractivity contribution < 1.29 is 14.6 Å². The maximum Gasteiger partial charge on any atom is 0.224 e. The summed E-state index contributed by atoms with van der Waals surface area (Å²) < 4.78 is 5.76. The van der Waals surface area contributed by atoms with Crippen LogP contribution >= 0.6 is 0 Å². The van der Waals surface area contributed by atoms with Crippen LogP contribution < -0.4 is 10.1 Å². The van der Waals surface area contributed by atoms with Crippen LogP contribution in [0.15, 0.2) is 48.8 Å². The van der Waals surface area contributed by atoms with Crippen LogP contribution in [0.1, 0.15) is 30.4 Å². The molecule has 0 spiro atoms. The molecule has 0 saturated heterocycles. The Bertz CT molecular complexity index is 690. The quantitative estimate of drug-likeness (QED) is 0.812. The Kier molecular flexibility index (Phi) is 6.01. The third-order valence-corrected chi connectivity index (χ3v) is 4.57. The number of carbonyl (C=O) groups excluding carboxylic acids is 1. The van der Waals surface area contributed by atoms with E-state index in [-0.39, 0.29) is 17.9 Å². The summed E-state index contributed by atoms with van der Waals surface area (Å²) in [5, 5.41) is 12.7. The van der Waals surface area contributed by atoms with Gasteiger partial charge >= 0.3 is 0 Å². The second kappa shape index (κ2) is 8.62. The Balaban J connectivity index is 1.48. The van der Waals surface area contributed by atoms with Crippen LogP contribution in [0.2, 0.25) is 0 Å². The lowest BCUT2D eigenvalue weighted by molar-refractivity contribution is -0.120. The van der Waals surface area contributed by atoms with Crippen LogP contribution in [0.3, 0.4) is 0 Å². The van der Waals surface area contributed by atoms with Crippen molar-refractivity contribution >= 4 is 5.91 Å². The second-order valence-electron chi connectivity index (χ2n) is 6.54. The van der Waals surface area contributed by atoms with Crippen LogP contribution in [0.5, 0.6) is 5.75 Å². The van der Waals surface area contributed by atoms with Crippen molar-refractivity contribution in [2.45, 2.75) is 38.4 Å². The average molecular weight is 340 g/mol. The first kappa shape index (κ1) is 17.4. The number of aliphatic hydroxyl groups excluding tert-OH is 1. The first-order chi connectivity index (χ1) is 12.2. The number of aliphatic hydroxyl groups is 1. The van der Waals surface area contributed by atoms with Gasteiger partial charge in [-0.3, -0.25) is 9.78 Å². The molecule has 1 aliphatic rings. The van der Waals surface area contributed by atoms with Gasteiger partial charge in [0.25, 0.3) is 0 Å². The predicted octanol–water partition coefficient (Wildman–Crippen LogP) is 2.48. The third kappa shape index (κ3) is 5.29. The summed E-state index contributed by atoms with van der Waals surface area (Å²) in [4.78, 5) is 16.2. The van der Waals surface area contributed by atoms with Crippen molar-refractivity contribution in [3.05, 3.63) is 59.9 Å². The molecule has 0 radical (unpaired) electrons. The number of aromatic nitrogens is 1. The highest BCUT2D eigenvalue weighted by Gasteiger charge is 2.25. The maximum absolute atomic E-state index is 12.1. The average Bonchev–Trinajstić information content (AvgIpc) is 3.04. The van der Waals surface area contributed by atoms with Crippen molar-refractivity contribution in [3.63, 3.8) is 0 Å². The van der Waals surface area contributed by atoms with Gasteiger partial charge in [-0.05, 0) is 36.6 Å². The molecule has 132 valence electrons. The van der Waals surface area contributed by atoms with Crippen molar-refractivity contribution in [1.82, 2.24) is 10.3 Å². The minimum Gasteiger partial charge on any atom is -0.489 e. The molecule has 25 heavy (non-hydrogen) atoms. The van der Waals surface area contributed by atoms with E-state index < -0.39 is 0 Å². The van der Waals surface area contributed by atoms with Gasteiger partial charge < -0.3 is 15.2 Å². The monoisotopic (exact) mass is 340 g/mol. The molecule has 5 heteroatoms. The second-order valence-corrected chi connectivity index (χ2v) is 6.54. The highest BCUT2D eigenvalue weighted by molar-refractivity contribution is 5.78. The van der Waals surface area contributed by atoms with Crippen molar-refractivity contribution in [2.24, 2.45) is 5.92 Å². The van der Waals surface area contributed by atoms with E-state index >= 15 is 0 Å². The Hall–Kier alpha value is -2.40. The fourth-order valence-corrected chi connectivity index (χ4v) is 3.14. The number of amides is 1. The molecule has 1 heterocycles. The van der Waals surface area contributed by atoms with Gasteiger partial charge in [0.2, 0.25) is 5.91 Å². The third-order valence-electron chi connectivity index (χ3n) is 4.57. The molecule has 0 aliphatic heterocycles. The molecule has 1 saturated carbocycles. The summed E-state index contributed by atoms with van der Waals surface area (Å²) in [5.74, 6) is 0.905. The van der Waals surface area contributed by atoms with E-state index in [0.29, 0.717) is 19.6 Å². The van der Waals surface area contributed by atoms with Crippen LogP contribution in [0.4, 0.5) is 0 Å². The van der Waals surface area contributed by atoms with Gasteiger partial charge in [-0.1, -0.05) is 24.6 Å². The number of hydrogen-bond donors (Lipinski definition) is 2. The fraction of sp³-hybridized carbons (Fsp3) is 0.400. The van der Waals surface area contributed by atoms with E-state index in [2.05, 4.69) is 10.3 Å². The predicted molar refractivity (Wildman–Crippen MR) is 95.1 cm³/mol. The van der Waals surface area contributed by atoms with E-state index in [4.69, 9.17) is 4.74 Å². The first-order valence-corrected chi connectivity index (χ1v) is 8.76. The van der Waals surface area contributed by atoms with Gasteiger partial charge in [-0.25, -0.2) is 0 Å². The van der Waals surface area contributed by atoms with Gasteiger partial charge in [0.15, 0.2) is 0 Å². The number of pyridine rings is 1. The van der Waals surface area contributed by atoms with Crippen LogP contribution in [-0.4, -0.2) is 28.6 Å². The molecule has 1 amide bonds. The van der Waals surface area contributed by atoms with E-state index in [0.717, 1.165) is 36.1 Å². The van der Waals surface area contributed by atoms with Crippen molar-refractivity contribution in [3.8, 4) is 5.75 Å². The number of rotatable bonds is 7. The summed E-state index contributed by atoms with van der Waals surface area (Å²) in [7, 11) is 0. The number of nitrogens with one attached hydrogen (secondary N) is 1. The van der Waals surface area contributed by atoms with Crippen molar-refractivity contribution in [2.75, 3.05) is 6.54 Å².